The molecule has 0 fully saturated rings. The summed E-state index contributed by atoms with van der Waals surface area (Å²) in [5.74, 6) is 0.100. The number of ether oxygens (including phenoxy) is 1. The minimum atomic E-state index is -0.497. The zero-order valence-corrected chi connectivity index (χ0v) is 17.1. The standard InChI is InChI=1S/C22H19FN4O4/c1-12-9-16(30-11-14-5-4-6-15(23)10-14)7-8-17(12)24-21(28)19-18-13(2)31-26-20(18)22(29)27(3)25-19/h4-10H,11H2,1-3H3,(H,24,28). The Morgan fingerprint density at radius 3 is 2.77 bits per heavy atom. The molecule has 8 nitrogen and oxygen atoms in total. The Kier molecular flexibility index (Phi) is 5.24. The van der Waals surface area contributed by atoms with E-state index in [9.17, 15) is 14.0 Å². The second-order valence-corrected chi connectivity index (χ2v) is 7.09. The van der Waals surface area contributed by atoms with Gasteiger partial charge in [-0.2, -0.15) is 5.10 Å². The molecule has 9 heteroatoms. The largest absolute Gasteiger partial charge is 0.489 e. The molecule has 2 heterocycles. The topological polar surface area (TPSA) is 99.2 Å². The highest BCUT2D eigenvalue weighted by Gasteiger charge is 2.22. The number of aryl methyl sites for hydroxylation is 3. The van der Waals surface area contributed by atoms with Gasteiger partial charge in [0.2, 0.25) is 0 Å². The molecule has 0 aliphatic carbocycles. The molecule has 4 aromatic rings. The van der Waals surface area contributed by atoms with Crippen LogP contribution in [0.15, 0.2) is 51.8 Å². The highest BCUT2D eigenvalue weighted by atomic mass is 19.1. The minimum absolute atomic E-state index is 0.0432. The van der Waals surface area contributed by atoms with Crippen molar-refractivity contribution in [1.29, 1.82) is 0 Å². The van der Waals surface area contributed by atoms with E-state index in [-0.39, 0.29) is 29.0 Å². The van der Waals surface area contributed by atoms with Crippen LogP contribution < -0.4 is 15.6 Å². The summed E-state index contributed by atoms with van der Waals surface area (Å²) >= 11 is 0. The Morgan fingerprint density at radius 2 is 2.03 bits per heavy atom. The molecule has 0 aliphatic rings. The van der Waals surface area contributed by atoms with Gasteiger partial charge in [0.1, 0.15) is 23.9 Å². The lowest BCUT2D eigenvalue weighted by Crippen LogP contribution is -2.25. The maximum Gasteiger partial charge on any atom is 0.296 e. The van der Waals surface area contributed by atoms with E-state index in [1.807, 2.05) is 6.92 Å². The first-order chi connectivity index (χ1) is 14.8. The van der Waals surface area contributed by atoms with Crippen molar-refractivity contribution in [2.75, 3.05) is 5.32 Å². The third-order valence-electron chi connectivity index (χ3n) is 4.80. The van der Waals surface area contributed by atoms with E-state index in [0.717, 1.165) is 10.2 Å². The SMILES string of the molecule is Cc1cc(OCc2cccc(F)c2)ccc1NC(=O)c1nn(C)c(=O)c2noc(C)c12. The monoisotopic (exact) mass is 422 g/mol. The molecule has 2 aromatic carbocycles. The second kappa shape index (κ2) is 8.02. The fourth-order valence-corrected chi connectivity index (χ4v) is 3.20. The van der Waals surface area contributed by atoms with E-state index < -0.39 is 11.5 Å². The van der Waals surface area contributed by atoms with E-state index >= 15 is 0 Å². The predicted octanol–water partition coefficient (Wildman–Crippen LogP) is 3.51. The van der Waals surface area contributed by atoms with Crippen LogP contribution in [0.2, 0.25) is 0 Å². The number of carbonyl (C=O) groups excluding carboxylic acids is 1. The number of halogens is 1. The highest BCUT2D eigenvalue weighted by molar-refractivity contribution is 6.11. The third kappa shape index (κ3) is 4.02. The average molecular weight is 422 g/mol. The lowest BCUT2D eigenvalue weighted by molar-refractivity contribution is 0.102. The summed E-state index contributed by atoms with van der Waals surface area (Å²) in [4.78, 5) is 25.1. The molecule has 158 valence electrons. The van der Waals surface area contributed by atoms with Gasteiger partial charge in [-0.15, -0.1) is 0 Å². The Bertz CT molecular complexity index is 1360. The van der Waals surface area contributed by atoms with Crippen molar-refractivity contribution in [3.05, 3.63) is 81.2 Å². The predicted molar refractivity (Wildman–Crippen MR) is 112 cm³/mol. The van der Waals surface area contributed by atoms with Gasteiger partial charge in [0.15, 0.2) is 11.2 Å². The first kappa shape index (κ1) is 20.3. The highest BCUT2D eigenvalue weighted by Crippen LogP contribution is 2.24. The first-order valence-electron chi connectivity index (χ1n) is 9.46. The van der Waals surface area contributed by atoms with Crippen LogP contribution in [0.1, 0.15) is 27.4 Å². The summed E-state index contributed by atoms with van der Waals surface area (Å²) in [7, 11) is 1.44. The molecule has 0 unspecified atom stereocenters. The summed E-state index contributed by atoms with van der Waals surface area (Å²) < 4.78 is 25.1. The zero-order valence-electron chi connectivity index (χ0n) is 17.1. The Morgan fingerprint density at radius 1 is 1.23 bits per heavy atom. The van der Waals surface area contributed by atoms with E-state index in [4.69, 9.17) is 9.26 Å². The average Bonchev–Trinajstić information content (AvgIpc) is 3.12. The van der Waals surface area contributed by atoms with Crippen LogP contribution in [0.5, 0.6) is 5.75 Å². The molecule has 0 bridgehead atoms. The molecule has 0 radical (unpaired) electrons. The number of fused-ring (bicyclic) bond motifs is 1. The number of aromatic nitrogens is 3. The van der Waals surface area contributed by atoms with Crippen molar-refractivity contribution in [3.8, 4) is 5.75 Å². The minimum Gasteiger partial charge on any atom is -0.489 e. The summed E-state index contributed by atoms with van der Waals surface area (Å²) in [5.41, 5.74) is 1.68. The zero-order chi connectivity index (χ0) is 22.1. The van der Waals surface area contributed by atoms with E-state index in [1.165, 1.54) is 19.2 Å². The van der Waals surface area contributed by atoms with Crippen LogP contribution in [0.25, 0.3) is 10.9 Å². The van der Waals surface area contributed by atoms with Crippen LogP contribution in [0, 0.1) is 19.7 Å². The fraction of sp³-hybridized carbons (Fsp3) is 0.182. The fourth-order valence-electron chi connectivity index (χ4n) is 3.20. The first-order valence-corrected chi connectivity index (χ1v) is 9.46. The number of nitrogens with zero attached hydrogens (tertiary/aromatic N) is 3. The van der Waals surface area contributed by atoms with Gasteiger partial charge in [0.05, 0.1) is 5.39 Å². The van der Waals surface area contributed by atoms with Gasteiger partial charge in [-0.1, -0.05) is 17.3 Å². The lowest BCUT2D eigenvalue weighted by atomic mass is 10.1. The maximum atomic E-state index is 13.3. The quantitative estimate of drug-likeness (QED) is 0.528. The lowest BCUT2D eigenvalue weighted by Gasteiger charge is -2.12. The van der Waals surface area contributed by atoms with Gasteiger partial charge in [0.25, 0.3) is 11.5 Å². The molecule has 2 aromatic heterocycles. The molecule has 0 saturated carbocycles. The van der Waals surface area contributed by atoms with Crippen LogP contribution in [0.3, 0.4) is 0 Å². The van der Waals surface area contributed by atoms with E-state index in [0.29, 0.717) is 22.8 Å². The Labute approximate surface area is 176 Å². The van der Waals surface area contributed by atoms with Crippen LogP contribution in [-0.2, 0) is 13.7 Å². The summed E-state index contributed by atoms with van der Waals surface area (Å²) in [6, 6.07) is 11.4. The summed E-state index contributed by atoms with van der Waals surface area (Å²) in [6.45, 7) is 3.65. The van der Waals surface area contributed by atoms with Crippen molar-refractivity contribution in [2.45, 2.75) is 20.5 Å². The number of rotatable bonds is 5. The smallest absolute Gasteiger partial charge is 0.296 e. The number of anilines is 1. The van der Waals surface area contributed by atoms with Crippen LogP contribution in [-0.4, -0.2) is 20.8 Å². The molecule has 4 rings (SSSR count). The molecular weight excluding hydrogens is 403 g/mol. The molecule has 0 aliphatic heterocycles. The van der Waals surface area contributed by atoms with Crippen molar-refractivity contribution in [1.82, 2.24) is 14.9 Å². The number of hydrogen-bond acceptors (Lipinski definition) is 6. The van der Waals surface area contributed by atoms with Gasteiger partial charge < -0.3 is 14.6 Å². The number of amides is 1. The van der Waals surface area contributed by atoms with E-state index in [2.05, 4.69) is 15.6 Å². The normalized spacial score (nSPS) is 11.0. The Hall–Kier alpha value is -4.01. The number of benzene rings is 2. The van der Waals surface area contributed by atoms with Crippen molar-refractivity contribution in [2.24, 2.45) is 7.05 Å². The number of hydrogen-bond donors (Lipinski definition) is 1. The third-order valence-corrected chi connectivity index (χ3v) is 4.80. The summed E-state index contributed by atoms with van der Waals surface area (Å²) in [5, 5.41) is 10.9. The van der Waals surface area contributed by atoms with Gasteiger partial charge >= 0.3 is 0 Å². The number of nitrogens with one attached hydrogen (secondary N) is 1. The van der Waals surface area contributed by atoms with Gasteiger partial charge in [-0.3, -0.25) is 9.59 Å². The van der Waals surface area contributed by atoms with Crippen molar-refractivity contribution >= 4 is 22.5 Å². The molecule has 31 heavy (non-hydrogen) atoms. The Balaban J connectivity index is 1.54. The van der Waals surface area contributed by atoms with Crippen molar-refractivity contribution < 1.29 is 18.4 Å². The van der Waals surface area contributed by atoms with E-state index in [1.54, 1.807) is 37.3 Å². The van der Waals surface area contributed by atoms with Gasteiger partial charge in [-0.25, -0.2) is 9.07 Å². The molecular formula is C22H19FN4O4. The molecule has 0 spiro atoms. The van der Waals surface area contributed by atoms with Gasteiger partial charge in [0, 0.05) is 12.7 Å². The maximum absolute atomic E-state index is 13.3. The molecule has 1 amide bonds. The van der Waals surface area contributed by atoms with Gasteiger partial charge in [-0.05, 0) is 55.3 Å². The molecule has 0 saturated heterocycles. The summed E-state index contributed by atoms with van der Waals surface area (Å²) in [6.07, 6.45) is 0. The van der Waals surface area contributed by atoms with Crippen molar-refractivity contribution in [3.63, 3.8) is 0 Å². The number of carbonyl (C=O) groups is 1. The van der Waals surface area contributed by atoms with Crippen LogP contribution >= 0.6 is 0 Å². The second-order valence-electron chi connectivity index (χ2n) is 7.09. The molecule has 0 atom stereocenters. The molecule has 1 N–H and O–H groups in total. The van der Waals surface area contributed by atoms with Crippen LogP contribution in [0.4, 0.5) is 10.1 Å².